The number of benzene rings is 1. The largest absolute Gasteiger partial charge is 0.462 e. The van der Waals surface area contributed by atoms with Crippen molar-refractivity contribution < 1.29 is 14.3 Å². The van der Waals surface area contributed by atoms with Crippen LogP contribution in [-0.4, -0.2) is 35.5 Å². The number of thiophene rings is 1. The number of hydrogen-bond donors (Lipinski definition) is 2. The fraction of sp³-hybridized carbons (Fsp3) is 0.318. The molecule has 1 aliphatic rings. The van der Waals surface area contributed by atoms with Crippen LogP contribution in [0.4, 0.5) is 5.69 Å². The van der Waals surface area contributed by atoms with Gasteiger partial charge in [-0.1, -0.05) is 32.0 Å². The Morgan fingerprint density at radius 2 is 1.97 bits per heavy atom. The molecular weight excluding hydrogens is 418 g/mol. The summed E-state index contributed by atoms with van der Waals surface area (Å²) in [5.74, 6) is -0.261. The number of amides is 1. The molecule has 0 aliphatic carbocycles. The fourth-order valence-electron chi connectivity index (χ4n) is 3.03. The summed E-state index contributed by atoms with van der Waals surface area (Å²) in [5, 5.41) is 8.50. The van der Waals surface area contributed by atoms with Gasteiger partial charge in [0, 0.05) is 18.4 Å². The summed E-state index contributed by atoms with van der Waals surface area (Å²) in [7, 11) is 1.82. The Balaban J connectivity index is 1.83. The SMILES string of the molecule is CC1=C(C(=O)OCC(C)C)C(c2ccc(NC(=O)c3cccs3)cc2)NC(=S)N1C. The second-order valence-electron chi connectivity index (χ2n) is 7.49. The van der Waals surface area contributed by atoms with Crippen LogP contribution in [0.15, 0.2) is 53.0 Å². The molecule has 8 heteroatoms. The lowest BCUT2D eigenvalue weighted by molar-refractivity contribution is -0.140. The van der Waals surface area contributed by atoms with Crippen LogP contribution in [0, 0.1) is 5.92 Å². The molecule has 1 aliphatic heterocycles. The van der Waals surface area contributed by atoms with Gasteiger partial charge in [-0.3, -0.25) is 4.79 Å². The quantitative estimate of drug-likeness (QED) is 0.511. The Bertz CT molecular complexity index is 966. The number of nitrogens with zero attached hydrogens (tertiary/aromatic N) is 1. The summed E-state index contributed by atoms with van der Waals surface area (Å²) >= 11 is 6.82. The van der Waals surface area contributed by atoms with Gasteiger partial charge in [0.25, 0.3) is 5.91 Å². The third-order valence-corrected chi connectivity index (χ3v) is 6.03. The molecule has 0 fully saturated rings. The van der Waals surface area contributed by atoms with Crippen molar-refractivity contribution in [2.24, 2.45) is 5.92 Å². The monoisotopic (exact) mass is 443 g/mol. The first-order valence-corrected chi connectivity index (χ1v) is 10.9. The van der Waals surface area contributed by atoms with Crippen LogP contribution in [0.3, 0.4) is 0 Å². The van der Waals surface area contributed by atoms with E-state index in [1.165, 1.54) is 11.3 Å². The lowest BCUT2D eigenvalue weighted by Gasteiger charge is -2.35. The van der Waals surface area contributed by atoms with Gasteiger partial charge >= 0.3 is 5.97 Å². The molecule has 2 heterocycles. The Morgan fingerprint density at radius 3 is 2.57 bits per heavy atom. The van der Waals surface area contributed by atoms with E-state index in [0.717, 1.165) is 11.3 Å². The van der Waals surface area contributed by atoms with Crippen LogP contribution in [-0.2, 0) is 9.53 Å². The summed E-state index contributed by atoms with van der Waals surface area (Å²) in [4.78, 5) is 27.5. The zero-order chi connectivity index (χ0) is 21.8. The van der Waals surface area contributed by atoms with Crippen molar-refractivity contribution in [1.82, 2.24) is 10.2 Å². The molecule has 158 valence electrons. The molecule has 6 nitrogen and oxygen atoms in total. The molecule has 0 saturated heterocycles. The summed E-state index contributed by atoms with van der Waals surface area (Å²) in [6.07, 6.45) is 0. The van der Waals surface area contributed by atoms with E-state index < -0.39 is 6.04 Å². The van der Waals surface area contributed by atoms with Crippen molar-refractivity contribution in [3.8, 4) is 0 Å². The van der Waals surface area contributed by atoms with Crippen molar-refractivity contribution >= 4 is 46.2 Å². The van der Waals surface area contributed by atoms with Crippen LogP contribution in [0.25, 0.3) is 0 Å². The van der Waals surface area contributed by atoms with E-state index in [1.54, 1.807) is 11.0 Å². The van der Waals surface area contributed by atoms with Crippen molar-refractivity contribution in [3.63, 3.8) is 0 Å². The Morgan fingerprint density at radius 1 is 1.27 bits per heavy atom. The van der Waals surface area contributed by atoms with Crippen LogP contribution in [0.2, 0.25) is 0 Å². The van der Waals surface area contributed by atoms with Gasteiger partial charge in [0.15, 0.2) is 5.11 Å². The fourth-order valence-corrected chi connectivity index (χ4v) is 3.90. The molecule has 2 aromatic rings. The molecule has 1 amide bonds. The lowest BCUT2D eigenvalue weighted by Crippen LogP contribution is -2.46. The first-order chi connectivity index (χ1) is 14.3. The number of rotatable bonds is 6. The number of nitrogens with one attached hydrogen (secondary N) is 2. The molecule has 0 saturated carbocycles. The maximum Gasteiger partial charge on any atom is 0.338 e. The van der Waals surface area contributed by atoms with Crippen LogP contribution >= 0.6 is 23.6 Å². The predicted octanol–water partition coefficient (Wildman–Crippen LogP) is 4.33. The number of hydrogen-bond acceptors (Lipinski definition) is 5. The highest BCUT2D eigenvalue weighted by Gasteiger charge is 2.33. The summed E-state index contributed by atoms with van der Waals surface area (Å²) in [6.45, 7) is 6.21. The molecule has 1 aromatic heterocycles. The smallest absolute Gasteiger partial charge is 0.338 e. The zero-order valence-electron chi connectivity index (χ0n) is 17.4. The van der Waals surface area contributed by atoms with E-state index in [4.69, 9.17) is 17.0 Å². The number of anilines is 1. The van der Waals surface area contributed by atoms with Crippen molar-refractivity contribution in [2.45, 2.75) is 26.8 Å². The third kappa shape index (κ3) is 4.88. The minimum atomic E-state index is -0.421. The normalized spacial score (nSPS) is 16.5. The molecule has 0 radical (unpaired) electrons. The lowest BCUT2D eigenvalue weighted by atomic mass is 9.95. The minimum Gasteiger partial charge on any atom is -0.462 e. The molecule has 1 atom stereocenters. The zero-order valence-corrected chi connectivity index (χ0v) is 19.0. The van der Waals surface area contributed by atoms with Crippen molar-refractivity contribution in [3.05, 3.63) is 63.5 Å². The number of allylic oxidation sites excluding steroid dienone is 1. The predicted molar refractivity (Wildman–Crippen MR) is 123 cm³/mol. The van der Waals surface area contributed by atoms with E-state index in [9.17, 15) is 9.59 Å². The second-order valence-corrected chi connectivity index (χ2v) is 8.82. The van der Waals surface area contributed by atoms with Crippen LogP contribution in [0.5, 0.6) is 0 Å². The topological polar surface area (TPSA) is 70.7 Å². The number of carbonyl (C=O) groups is 2. The number of esters is 1. The van der Waals surface area contributed by atoms with Gasteiger partial charge in [-0.05, 0) is 54.2 Å². The average Bonchev–Trinajstić information content (AvgIpc) is 3.25. The van der Waals surface area contributed by atoms with E-state index in [0.29, 0.717) is 27.9 Å². The van der Waals surface area contributed by atoms with E-state index in [-0.39, 0.29) is 17.8 Å². The van der Waals surface area contributed by atoms with E-state index in [2.05, 4.69) is 10.6 Å². The van der Waals surface area contributed by atoms with Gasteiger partial charge in [0.05, 0.1) is 23.1 Å². The third-order valence-electron chi connectivity index (χ3n) is 4.77. The van der Waals surface area contributed by atoms with Crippen molar-refractivity contribution in [1.29, 1.82) is 0 Å². The van der Waals surface area contributed by atoms with Gasteiger partial charge in [0.2, 0.25) is 0 Å². The molecule has 3 rings (SSSR count). The Hall–Kier alpha value is -2.71. The minimum absolute atomic E-state index is 0.148. The Kier molecular flexibility index (Phi) is 6.89. The standard InChI is InChI=1S/C22H25N3O3S2/c1-13(2)12-28-21(27)18-14(3)25(4)22(29)24-19(18)15-7-9-16(10-8-15)23-20(26)17-6-5-11-30-17/h5-11,13,19H,12H2,1-4H3,(H,23,26)(H,24,29). The molecule has 0 spiro atoms. The molecule has 1 aromatic carbocycles. The number of ether oxygens (including phenoxy) is 1. The van der Waals surface area contributed by atoms with Gasteiger partial charge in [-0.2, -0.15) is 0 Å². The molecule has 2 N–H and O–H groups in total. The number of thiocarbonyl (C=S) groups is 1. The average molecular weight is 444 g/mol. The molecule has 0 bridgehead atoms. The summed E-state index contributed by atoms with van der Waals surface area (Å²) in [6, 6.07) is 10.6. The van der Waals surface area contributed by atoms with Gasteiger partial charge in [-0.25, -0.2) is 4.79 Å². The first kappa shape index (κ1) is 22.0. The van der Waals surface area contributed by atoms with Crippen molar-refractivity contribution in [2.75, 3.05) is 19.0 Å². The van der Waals surface area contributed by atoms with Crippen LogP contribution < -0.4 is 10.6 Å². The summed E-state index contributed by atoms with van der Waals surface area (Å²) in [5.41, 5.74) is 2.82. The maximum atomic E-state index is 12.8. The van der Waals surface area contributed by atoms with Gasteiger partial charge in [-0.15, -0.1) is 11.3 Å². The molecular formula is C22H25N3O3S2. The Labute approximate surface area is 185 Å². The van der Waals surface area contributed by atoms with Crippen LogP contribution in [0.1, 0.15) is 42.0 Å². The molecule has 30 heavy (non-hydrogen) atoms. The maximum absolute atomic E-state index is 12.8. The van der Waals surface area contributed by atoms with E-state index in [1.807, 2.05) is 63.5 Å². The number of carbonyl (C=O) groups excluding carboxylic acids is 2. The van der Waals surface area contributed by atoms with Gasteiger partial charge < -0.3 is 20.3 Å². The van der Waals surface area contributed by atoms with Gasteiger partial charge in [0.1, 0.15) is 0 Å². The molecule has 1 unspecified atom stereocenters. The highest BCUT2D eigenvalue weighted by atomic mass is 32.1. The highest BCUT2D eigenvalue weighted by Crippen LogP contribution is 2.31. The van der Waals surface area contributed by atoms with E-state index >= 15 is 0 Å². The second kappa shape index (κ2) is 9.40. The first-order valence-electron chi connectivity index (χ1n) is 9.65. The highest BCUT2D eigenvalue weighted by molar-refractivity contribution is 7.80. The summed E-state index contributed by atoms with van der Waals surface area (Å²) < 4.78 is 5.50.